The minimum Gasteiger partial charge on any atom is -0.480 e. The van der Waals surface area contributed by atoms with Crippen LogP contribution in [0.2, 0.25) is 0 Å². The molecule has 96 valence electrons. The minimum absolute atomic E-state index is 0.204. The average Bonchev–Trinajstić information content (AvgIpc) is 2.81. The van der Waals surface area contributed by atoms with Crippen LogP contribution in [0.3, 0.4) is 0 Å². The van der Waals surface area contributed by atoms with Gasteiger partial charge in [-0.3, -0.25) is 0 Å². The number of carbonyl (C=O) groups excluding carboxylic acids is 1. The van der Waals surface area contributed by atoms with Crippen LogP contribution in [0.1, 0.15) is 25.7 Å². The Hall–Kier alpha value is -0.910. The monoisotopic (exact) mass is 258 g/mol. The van der Waals surface area contributed by atoms with Crippen molar-refractivity contribution < 1.29 is 14.7 Å². The Morgan fingerprint density at radius 1 is 1.29 bits per heavy atom. The molecule has 0 aromatic rings. The first-order valence-corrected chi connectivity index (χ1v) is 7.21. The molecule has 2 fully saturated rings. The second kappa shape index (κ2) is 5.62. The highest BCUT2D eigenvalue weighted by Crippen LogP contribution is 2.20. The molecule has 2 unspecified atom stereocenters. The normalized spacial score (nSPS) is 29.1. The molecule has 2 amide bonds. The van der Waals surface area contributed by atoms with E-state index in [-0.39, 0.29) is 12.1 Å². The molecular weight excluding hydrogens is 240 g/mol. The Labute approximate surface area is 105 Å². The van der Waals surface area contributed by atoms with Gasteiger partial charge in [-0.15, -0.1) is 0 Å². The van der Waals surface area contributed by atoms with Crippen LogP contribution in [0, 0.1) is 0 Å². The predicted molar refractivity (Wildman–Crippen MR) is 66.2 cm³/mol. The minimum atomic E-state index is -0.888. The summed E-state index contributed by atoms with van der Waals surface area (Å²) in [5.41, 5.74) is 0. The number of carboxylic acids is 1. The molecule has 0 bridgehead atoms. The van der Waals surface area contributed by atoms with Crippen molar-refractivity contribution in [3.63, 3.8) is 0 Å². The molecule has 2 heterocycles. The fourth-order valence-corrected chi connectivity index (χ4v) is 3.49. The van der Waals surface area contributed by atoms with Crippen LogP contribution >= 0.6 is 11.8 Å². The number of carboxylic acid groups (broad SMARTS) is 1. The van der Waals surface area contributed by atoms with Crippen LogP contribution in [0.5, 0.6) is 0 Å². The fourth-order valence-electron chi connectivity index (χ4n) is 2.34. The summed E-state index contributed by atoms with van der Waals surface area (Å²) in [6, 6.07) is -0.633. The van der Waals surface area contributed by atoms with Gasteiger partial charge in [0.2, 0.25) is 0 Å². The Balaban J connectivity index is 1.93. The molecule has 2 saturated heterocycles. The number of hydrogen-bond donors (Lipinski definition) is 2. The second-order valence-corrected chi connectivity index (χ2v) is 5.70. The molecule has 2 aliphatic heterocycles. The van der Waals surface area contributed by atoms with E-state index in [1.54, 1.807) is 0 Å². The lowest BCUT2D eigenvalue weighted by Gasteiger charge is -2.33. The molecule has 0 aromatic heterocycles. The van der Waals surface area contributed by atoms with Gasteiger partial charge in [-0.2, -0.15) is 11.8 Å². The average molecular weight is 258 g/mol. The van der Waals surface area contributed by atoms with E-state index in [2.05, 4.69) is 5.32 Å². The first kappa shape index (κ1) is 12.5. The predicted octanol–water partition coefficient (Wildman–Crippen LogP) is 1.14. The molecule has 2 rings (SSSR count). The van der Waals surface area contributed by atoms with Crippen LogP contribution in [0.4, 0.5) is 4.79 Å². The highest BCUT2D eigenvalue weighted by Gasteiger charge is 2.33. The van der Waals surface area contributed by atoms with Gasteiger partial charge in [-0.05, 0) is 31.4 Å². The van der Waals surface area contributed by atoms with Crippen molar-refractivity contribution in [3.05, 3.63) is 0 Å². The molecule has 5 nitrogen and oxygen atoms in total. The third-order valence-corrected chi connectivity index (χ3v) is 4.47. The van der Waals surface area contributed by atoms with E-state index < -0.39 is 12.0 Å². The Morgan fingerprint density at radius 2 is 2.12 bits per heavy atom. The molecule has 0 spiro atoms. The van der Waals surface area contributed by atoms with Crippen LogP contribution in [-0.4, -0.2) is 52.1 Å². The highest BCUT2D eigenvalue weighted by molar-refractivity contribution is 7.99. The van der Waals surface area contributed by atoms with E-state index in [1.807, 2.05) is 11.8 Å². The highest BCUT2D eigenvalue weighted by atomic mass is 32.2. The van der Waals surface area contributed by atoms with Crippen LogP contribution in [0.25, 0.3) is 0 Å². The molecule has 2 aliphatic rings. The Bertz CT molecular complexity index is 305. The first-order valence-electron chi connectivity index (χ1n) is 6.06. The van der Waals surface area contributed by atoms with E-state index in [4.69, 9.17) is 5.11 Å². The number of nitrogens with zero attached hydrogens (tertiary/aromatic N) is 1. The van der Waals surface area contributed by atoms with Crippen molar-refractivity contribution in [2.24, 2.45) is 0 Å². The lowest BCUT2D eigenvalue weighted by Crippen LogP contribution is -2.53. The van der Waals surface area contributed by atoms with Crippen molar-refractivity contribution in [2.75, 3.05) is 18.1 Å². The maximum atomic E-state index is 12.0. The molecule has 2 N–H and O–H groups in total. The smallest absolute Gasteiger partial charge is 0.326 e. The maximum absolute atomic E-state index is 12.0. The molecule has 0 radical (unpaired) electrons. The summed E-state index contributed by atoms with van der Waals surface area (Å²) in [4.78, 5) is 24.6. The largest absolute Gasteiger partial charge is 0.480 e. The summed E-state index contributed by atoms with van der Waals surface area (Å²) in [6.07, 6.45) is 3.35. The standard InChI is InChI=1S/C11H18N2O3S/c14-10(15)9-3-1-2-5-13(9)11(16)12-8-4-6-17-7-8/h8-9H,1-7H2,(H,12,16)(H,14,15). The van der Waals surface area contributed by atoms with Crippen molar-refractivity contribution in [1.82, 2.24) is 10.2 Å². The number of aliphatic carboxylic acids is 1. The molecule has 6 heteroatoms. The van der Waals surface area contributed by atoms with Gasteiger partial charge < -0.3 is 15.3 Å². The van der Waals surface area contributed by atoms with Crippen LogP contribution in [0.15, 0.2) is 0 Å². The van der Waals surface area contributed by atoms with Crippen LogP contribution < -0.4 is 5.32 Å². The van der Waals surface area contributed by atoms with Crippen LogP contribution in [-0.2, 0) is 4.79 Å². The lowest BCUT2D eigenvalue weighted by molar-refractivity contribution is -0.143. The lowest BCUT2D eigenvalue weighted by atomic mass is 10.0. The molecule has 0 aromatic carbocycles. The zero-order valence-corrected chi connectivity index (χ0v) is 10.5. The topological polar surface area (TPSA) is 69.6 Å². The van der Waals surface area contributed by atoms with Gasteiger partial charge in [0, 0.05) is 18.3 Å². The van der Waals surface area contributed by atoms with Gasteiger partial charge in [-0.1, -0.05) is 0 Å². The number of carbonyl (C=O) groups is 2. The zero-order chi connectivity index (χ0) is 12.3. The van der Waals surface area contributed by atoms with Gasteiger partial charge in [0.05, 0.1) is 0 Å². The third-order valence-electron chi connectivity index (χ3n) is 3.31. The number of hydrogen-bond acceptors (Lipinski definition) is 3. The van der Waals surface area contributed by atoms with E-state index in [1.165, 1.54) is 4.90 Å². The number of amides is 2. The van der Waals surface area contributed by atoms with Gasteiger partial charge in [0.25, 0.3) is 0 Å². The number of thioether (sulfide) groups is 1. The van der Waals surface area contributed by atoms with E-state index >= 15 is 0 Å². The summed E-state index contributed by atoms with van der Waals surface area (Å²) >= 11 is 1.83. The summed E-state index contributed by atoms with van der Waals surface area (Å²) in [6.45, 7) is 0.558. The van der Waals surface area contributed by atoms with Gasteiger partial charge in [0.1, 0.15) is 6.04 Å². The summed E-state index contributed by atoms with van der Waals surface area (Å²) in [5.74, 6) is 1.13. The van der Waals surface area contributed by atoms with Crippen molar-refractivity contribution in [1.29, 1.82) is 0 Å². The summed E-state index contributed by atoms with van der Waals surface area (Å²) in [7, 11) is 0. The van der Waals surface area contributed by atoms with Crippen molar-refractivity contribution in [2.45, 2.75) is 37.8 Å². The Morgan fingerprint density at radius 3 is 2.76 bits per heavy atom. The fraction of sp³-hybridized carbons (Fsp3) is 0.818. The molecule has 0 aliphatic carbocycles. The molecular formula is C11H18N2O3S. The third kappa shape index (κ3) is 3.06. The van der Waals surface area contributed by atoms with Crippen molar-refractivity contribution >= 4 is 23.8 Å². The van der Waals surface area contributed by atoms with E-state index in [0.717, 1.165) is 30.8 Å². The van der Waals surface area contributed by atoms with Crippen molar-refractivity contribution in [3.8, 4) is 0 Å². The zero-order valence-electron chi connectivity index (χ0n) is 9.72. The SMILES string of the molecule is O=C(O)C1CCCCN1C(=O)NC1CCSC1. The summed E-state index contributed by atoms with van der Waals surface area (Å²) in [5, 5.41) is 12.0. The number of rotatable bonds is 2. The van der Waals surface area contributed by atoms with Gasteiger partial charge >= 0.3 is 12.0 Å². The second-order valence-electron chi connectivity index (χ2n) is 4.55. The number of piperidine rings is 1. The van der Waals surface area contributed by atoms with Gasteiger partial charge in [-0.25, -0.2) is 9.59 Å². The molecule has 0 saturated carbocycles. The number of likely N-dealkylation sites (tertiary alicyclic amines) is 1. The number of nitrogens with one attached hydrogen (secondary N) is 1. The van der Waals surface area contributed by atoms with Gasteiger partial charge in [0.15, 0.2) is 0 Å². The maximum Gasteiger partial charge on any atom is 0.326 e. The molecule has 17 heavy (non-hydrogen) atoms. The molecule has 2 atom stereocenters. The Kier molecular flexibility index (Phi) is 4.15. The summed E-state index contributed by atoms with van der Waals surface area (Å²) < 4.78 is 0. The van der Waals surface area contributed by atoms with E-state index in [9.17, 15) is 9.59 Å². The van der Waals surface area contributed by atoms with E-state index in [0.29, 0.717) is 13.0 Å². The first-order chi connectivity index (χ1) is 8.18. The number of urea groups is 1. The quantitative estimate of drug-likeness (QED) is 0.779.